The molecule has 6 nitrogen and oxygen atoms in total. The Kier molecular flexibility index (Phi) is 5.42. The van der Waals surface area contributed by atoms with Gasteiger partial charge >= 0.3 is 0 Å². The van der Waals surface area contributed by atoms with E-state index in [1.54, 1.807) is 23.7 Å². The number of nitrogens with one attached hydrogen (secondary N) is 1. The SMILES string of the molecule is CN(C)C[C@@H]1CN(c2ncccn2)C[C@H]1NC(=O)Cc1cccs1. The van der Waals surface area contributed by atoms with Crippen LogP contribution in [0.5, 0.6) is 0 Å². The fraction of sp³-hybridized carbons (Fsp3) is 0.471. The summed E-state index contributed by atoms with van der Waals surface area (Å²) in [5.41, 5.74) is 0. The lowest BCUT2D eigenvalue weighted by atomic mass is 10.0. The molecule has 0 aliphatic carbocycles. The molecule has 0 unspecified atom stereocenters. The zero-order valence-corrected chi connectivity index (χ0v) is 14.9. The van der Waals surface area contributed by atoms with E-state index in [9.17, 15) is 4.79 Å². The fourth-order valence-electron chi connectivity index (χ4n) is 3.14. The topological polar surface area (TPSA) is 61.4 Å². The molecular weight excluding hydrogens is 322 g/mol. The highest BCUT2D eigenvalue weighted by Gasteiger charge is 2.35. The quantitative estimate of drug-likeness (QED) is 0.854. The molecule has 7 heteroatoms. The summed E-state index contributed by atoms with van der Waals surface area (Å²) in [5.74, 6) is 1.18. The van der Waals surface area contributed by atoms with E-state index in [1.165, 1.54) is 0 Å². The monoisotopic (exact) mass is 345 g/mol. The van der Waals surface area contributed by atoms with Crippen LogP contribution >= 0.6 is 11.3 Å². The maximum absolute atomic E-state index is 12.4. The molecule has 0 spiro atoms. The maximum atomic E-state index is 12.4. The molecule has 1 saturated heterocycles. The minimum Gasteiger partial charge on any atom is -0.351 e. The highest BCUT2D eigenvalue weighted by Crippen LogP contribution is 2.22. The van der Waals surface area contributed by atoms with Gasteiger partial charge in [-0.3, -0.25) is 4.79 Å². The molecule has 2 aromatic rings. The van der Waals surface area contributed by atoms with Crippen molar-refractivity contribution in [2.75, 3.05) is 38.6 Å². The Labute approximate surface area is 146 Å². The van der Waals surface area contributed by atoms with Gasteiger partial charge in [0.25, 0.3) is 0 Å². The molecule has 24 heavy (non-hydrogen) atoms. The highest BCUT2D eigenvalue weighted by atomic mass is 32.1. The number of rotatable bonds is 6. The van der Waals surface area contributed by atoms with Gasteiger partial charge in [0, 0.05) is 42.8 Å². The Morgan fingerprint density at radius 1 is 1.33 bits per heavy atom. The molecule has 1 amide bonds. The number of amides is 1. The van der Waals surface area contributed by atoms with Gasteiger partial charge < -0.3 is 15.1 Å². The first-order valence-electron chi connectivity index (χ1n) is 8.10. The van der Waals surface area contributed by atoms with Crippen molar-refractivity contribution < 1.29 is 4.79 Å². The van der Waals surface area contributed by atoms with Crippen LogP contribution in [0.3, 0.4) is 0 Å². The summed E-state index contributed by atoms with van der Waals surface area (Å²) in [6.45, 7) is 2.53. The number of aromatic nitrogens is 2. The van der Waals surface area contributed by atoms with Crippen LogP contribution < -0.4 is 10.2 Å². The second-order valence-corrected chi connectivity index (χ2v) is 7.44. The zero-order valence-electron chi connectivity index (χ0n) is 14.1. The van der Waals surface area contributed by atoms with E-state index in [0.29, 0.717) is 12.3 Å². The summed E-state index contributed by atoms with van der Waals surface area (Å²) in [4.78, 5) is 26.5. The van der Waals surface area contributed by atoms with Gasteiger partial charge in [-0.1, -0.05) is 6.07 Å². The van der Waals surface area contributed by atoms with E-state index >= 15 is 0 Å². The summed E-state index contributed by atoms with van der Waals surface area (Å²) in [6, 6.07) is 5.91. The van der Waals surface area contributed by atoms with Gasteiger partial charge in [0.2, 0.25) is 11.9 Å². The fourth-order valence-corrected chi connectivity index (χ4v) is 3.84. The van der Waals surface area contributed by atoms with Crippen LogP contribution in [0.1, 0.15) is 4.88 Å². The normalized spacial score (nSPS) is 20.5. The van der Waals surface area contributed by atoms with Crippen LogP contribution in [-0.2, 0) is 11.2 Å². The average molecular weight is 345 g/mol. The first-order valence-corrected chi connectivity index (χ1v) is 8.98. The van der Waals surface area contributed by atoms with Crippen LogP contribution in [0.15, 0.2) is 36.0 Å². The van der Waals surface area contributed by atoms with Crippen molar-refractivity contribution in [3.8, 4) is 0 Å². The van der Waals surface area contributed by atoms with Gasteiger partial charge in [-0.25, -0.2) is 9.97 Å². The second kappa shape index (κ2) is 7.72. The molecule has 2 aromatic heterocycles. The van der Waals surface area contributed by atoms with Crippen LogP contribution in [0.25, 0.3) is 0 Å². The Balaban J connectivity index is 1.65. The van der Waals surface area contributed by atoms with Crippen LogP contribution in [0, 0.1) is 5.92 Å². The highest BCUT2D eigenvalue weighted by molar-refractivity contribution is 7.10. The van der Waals surface area contributed by atoms with Crippen LogP contribution in [0.2, 0.25) is 0 Å². The van der Waals surface area contributed by atoms with Crippen molar-refractivity contribution in [1.29, 1.82) is 0 Å². The molecule has 1 fully saturated rings. The van der Waals surface area contributed by atoms with E-state index in [-0.39, 0.29) is 11.9 Å². The molecule has 0 aromatic carbocycles. The number of thiophene rings is 1. The minimum atomic E-state index is 0.0852. The number of hydrogen-bond acceptors (Lipinski definition) is 6. The van der Waals surface area contributed by atoms with Gasteiger partial charge in [-0.15, -0.1) is 11.3 Å². The molecule has 128 valence electrons. The lowest BCUT2D eigenvalue weighted by Gasteiger charge is -2.22. The van der Waals surface area contributed by atoms with E-state index in [0.717, 1.165) is 30.5 Å². The molecule has 0 radical (unpaired) electrons. The molecule has 1 N–H and O–H groups in total. The minimum absolute atomic E-state index is 0.0852. The van der Waals surface area contributed by atoms with Crippen molar-refractivity contribution in [2.24, 2.45) is 5.92 Å². The lowest BCUT2D eigenvalue weighted by Crippen LogP contribution is -2.43. The Morgan fingerprint density at radius 2 is 2.12 bits per heavy atom. The maximum Gasteiger partial charge on any atom is 0.225 e. The Bertz CT molecular complexity index is 646. The zero-order chi connectivity index (χ0) is 16.9. The summed E-state index contributed by atoms with van der Waals surface area (Å²) in [5, 5.41) is 5.22. The van der Waals surface area contributed by atoms with Gasteiger partial charge in [0.15, 0.2) is 0 Å². The van der Waals surface area contributed by atoms with Crippen molar-refractivity contribution in [3.63, 3.8) is 0 Å². The molecule has 0 bridgehead atoms. The van der Waals surface area contributed by atoms with Crippen molar-refractivity contribution in [2.45, 2.75) is 12.5 Å². The average Bonchev–Trinajstić information content (AvgIpc) is 3.18. The van der Waals surface area contributed by atoms with Crippen molar-refractivity contribution >= 4 is 23.2 Å². The van der Waals surface area contributed by atoms with E-state index < -0.39 is 0 Å². The third-order valence-corrected chi connectivity index (χ3v) is 5.01. The largest absolute Gasteiger partial charge is 0.351 e. The summed E-state index contributed by atoms with van der Waals surface area (Å²) in [6.07, 6.45) is 3.96. The predicted molar refractivity (Wildman–Crippen MR) is 96.2 cm³/mol. The predicted octanol–water partition coefficient (Wildman–Crippen LogP) is 1.26. The standard InChI is InChI=1S/C17H23N5OS/c1-21(2)10-13-11-22(17-18-6-4-7-19-17)12-15(13)20-16(23)9-14-5-3-8-24-14/h3-8,13,15H,9-12H2,1-2H3,(H,20,23)/t13-,15-/m1/s1. The third kappa shape index (κ3) is 4.30. The van der Waals surface area contributed by atoms with E-state index in [4.69, 9.17) is 0 Å². The summed E-state index contributed by atoms with van der Waals surface area (Å²) < 4.78 is 0. The molecule has 3 rings (SSSR count). The third-order valence-electron chi connectivity index (χ3n) is 4.14. The Morgan fingerprint density at radius 3 is 2.79 bits per heavy atom. The molecule has 2 atom stereocenters. The lowest BCUT2D eigenvalue weighted by molar-refractivity contribution is -0.121. The first-order chi connectivity index (χ1) is 11.6. The number of hydrogen-bond donors (Lipinski definition) is 1. The van der Waals surface area contributed by atoms with Gasteiger partial charge in [0.05, 0.1) is 12.5 Å². The smallest absolute Gasteiger partial charge is 0.225 e. The number of carbonyl (C=O) groups excluding carboxylic acids is 1. The van der Waals surface area contributed by atoms with Crippen LogP contribution in [0.4, 0.5) is 5.95 Å². The summed E-state index contributed by atoms with van der Waals surface area (Å²) >= 11 is 1.62. The molecular formula is C17H23N5OS. The van der Waals surface area contributed by atoms with Gasteiger partial charge in [0.1, 0.15) is 0 Å². The Hall–Kier alpha value is -1.99. The first kappa shape index (κ1) is 16.9. The van der Waals surface area contributed by atoms with E-state index in [1.807, 2.05) is 23.6 Å². The summed E-state index contributed by atoms with van der Waals surface area (Å²) in [7, 11) is 4.12. The number of carbonyl (C=O) groups is 1. The molecule has 3 heterocycles. The van der Waals surface area contributed by atoms with Crippen LogP contribution in [-0.4, -0.2) is 60.5 Å². The number of nitrogens with zero attached hydrogens (tertiary/aromatic N) is 4. The molecule has 1 aliphatic rings. The molecule has 0 saturated carbocycles. The molecule has 1 aliphatic heterocycles. The van der Waals surface area contributed by atoms with E-state index in [2.05, 4.69) is 39.2 Å². The van der Waals surface area contributed by atoms with Crippen molar-refractivity contribution in [3.05, 3.63) is 40.8 Å². The van der Waals surface area contributed by atoms with Gasteiger partial charge in [-0.05, 0) is 31.6 Å². The van der Waals surface area contributed by atoms with Crippen molar-refractivity contribution in [1.82, 2.24) is 20.2 Å². The number of anilines is 1. The van der Waals surface area contributed by atoms with Gasteiger partial charge in [-0.2, -0.15) is 0 Å². The second-order valence-electron chi connectivity index (χ2n) is 6.41.